The molecular formula is C19H17N5O. The number of hydrogen-bond donors (Lipinski definition) is 2. The van der Waals surface area contributed by atoms with Gasteiger partial charge in [0.15, 0.2) is 5.82 Å². The quantitative estimate of drug-likeness (QED) is 0.602. The summed E-state index contributed by atoms with van der Waals surface area (Å²) < 4.78 is 1.78. The number of rotatable bonds is 3. The summed E-state index contributed by atoms with van der Waals surface area (Å²) in [7, 11) is 0. The second-order valence-electron chi connectivity index (χ2n) is 5.97. The molecule has 0 aliphatic rings. The molecule has 0 bridgehead atoms. The monoisotopic (exact) mass is 331 g/mol. The van der Waals surface area contributed by atoms with Gasteiger partial charge < -0.3 is 10.3 Å². The maximum atomic E-state index is 12.4. The zero-order valence-electron chi connectivity index (χ0n) is 13.9. The number of hydrogen-bond acceptors (Lipinski definition) is 3. The van der Waals surface area contributed by atoms with E-state index in [1.165, 1.54) is 0 Å². The highest BCUT2D eigenvalue weighted by Crippen LogP contribution is 2.17. The number of H-pyrrole nitrogens is 1. The fraction of sp³-hybridized carbons (Fsp3) is 0.105. The highest BCUT2D eigenvalue weighted by atomic mass is 16.1. The molecule has 0 fully saturated rings. The predicted octanol–water partition coefficient (Wildman–Crippen LogP) is 3.62. The van der Waals surface area contributed by atoms with Crippen LogP contribution < -0.4 is 5.32 Å². The van der Waals surface area contributed by atoms with Crippen LogP contribution in [0, 0.1) is 13.8 Å². The van der Waals surface area contributed by atoms with E-state index in [1.54, 1.807) is 10.9 Å². The van der Waals surface area contributed by atoms with E-state index in [2.05, 4.69) is 20.4 Å². The van der Waals surface area contributed by atoms with Gasteiger partial charge in [0.2, 0.25) is 0 Å². The molecule has 1 amide bonds. The Kier molecular flexibility index (Phi) is 3.57. The number of para-hydroxylation sites is 1. The summed E-state index contributed by atoms with van der Waals surface area (Å²) in [6.07, 6.45) is 1.63. The number of fused-ring (bicyclic) bond motifs is 1. The lowest BCUT2D eigenvalue weighted by molar-refractivity contribution is 0.102. The van der Waals surface area contributed by atoms with Gasteiger partial charge in [-0.3, -0.25) is 4.79 Å². The third-order valence-electron chi connectivity index (χ3n) is 4.01. The Hall–Kier alpha value is -3.41. The summed E-state index contributed by atoms with van der Waals surface area (Å²) in [5.74, 6) is 0.520. The maximum Gasteiger partial charge on any atom is 0.272 e. The Morgan fingerprint density at radius 2 is 1.96 bits per heavy atom. The smallest absolute Gasteiger partial charge is 0.272 e. The molecule has 4 rings (SSSR count). The SMILES string of the molecule is Cc1cc(C)n(-c2ccc(NC(=O)c3cc4ccccc4[nH]3)cn2)n1. The molecule has 3 aromatic heterocycles. The summed E-state index contributed by atoms with van der Waals surface area (Å²) in [6, 6.07) is 15.3. The van der Waals surface area contributed by atoms with E-state index in [0.29, 0.717) is 17.2 Å². The predicted molar refractivity (Wildman–Crippen MR) is 97.1 cm³/mol. The zero-order chi connectivity index (χ0) is 17.4. The lowest BCUT2D eigenvalue weighted by Crippen LogP contribution is -2.12. The molecule has 2 N–H and O–H groups in total. The number of nitrogens with zero attached hydrogens (tertiary/aromatic N) is 3. The Morgan fingerprint density at radius 1 is 1.12 bits per heavy atom. The van der Waals surface area contributed by atoms with Crippen molar-refractivity contribution >= 4 is 22.5 Å². The standard InChI is InChI=1S/C19H17N5O/c1-12-9-13(2)24(23-12)18-8-7-15(11-20-18)21-19(25)17-10-14-5-3-4-6-16(14)22-17/h3-11,22H,1-2H3,(H,21,25). The first kappa shape index (κ1) is 15.1. The molecule has 0 aliphatic heterocycles. The molecule has 25 heavy (non-hydrogen) atoms. The summed E-state index contributed by atoms with van der Waals surface area (Å²) >= 11 is 0. The maximum absolute atomic E-state index is 12.4. The largest absolute Gasteiger partial charge is 0.351 e. The van der Waals surface area contributed by atoms with E-state index < -0.39 is 0 Å². The van der Waals surface area contributed by atoms with Crippen LogP contribution in [-0.4, -0.2) is 25.7 Å². The molecule has 0 aliphatic carbocycles. The van der Waals surface area contributed by atoms with E-state index in [4.69, 9.17) is 0 Å². The molecule has 6 heteroatoms. The number of aromatic amines is 1. The summed E-state index contributed by atoms with van der Waals surface area (Å²) in [4.78, 5) is 19.9. The Balaban J connectivity index is 1.54. The van der Waals surface area contributed by atoms with Crippen molar-refractivity contribution in [1.82, 2.24) is 19.7 Å². The van der Waals surface area contributed by atoms with Crippen LogP contribution in [0.25, 0.3) is 16.7 Å². The Morgan fingerprint density at radius 3 is 2.64 bits per heavy atom. The van der Waals surface area contributed by atoms with Crippen molar-refractivity contribution in [2.45, 2.75) is 13.8 Å². The first-order valence-electron chi connectivity index (χ1n) is 7.99. The van der Waals surface area contributed by atoms with E-state index in [-0.39, 0.29) is 5.91 Å². The van der Waals surface area contributed by atoms with E-state index in [0.717, 1.165) is 22.3 Å². The van der Waals surface area contributed by atoms with Crippen LogP contribution in [0.15, 0.2) is 54.7 Å². The fourth-order valence-electron chi connectivity index (χ4n) is 2.84. The summed E-state index contributed by atoms with van der Waals surface area (Å²) in [6.45, 7) is 3.92. The number of aromatic nitrogens is 4. The minimum atomic E-state index is -0.197. The van der Waals surface area contributed by atoms with Crippen molar-refractivity contribution in [1.29, 1.82) is 0 Å². The number of anilines is 1. The molecular weight excluding hydrogens is 314 g/mol. The van der Waals surface area contributed by atoms with Crippen molar-refractivity contribution in [3.8, 4) is 5.82 Å². The van der Waals surface area contributed by atoms with Gasteiger partial charge in [-0.2, -0.15) is 5.10 Å². The average molecular weight is 331 g/mol. The van der Waals surface area contributed by atoms with Gasteiger partial charge in [0.25, 0.3) is 5.91 Å². The van der Waals surface area contributed by atoms with Crippen molar-refractivity contribution in [3.63, 3.8) is 0 Å². The fourth-order valence-corrected chi connectivity index (χ4v) is 2.84. The van der Waals surface area contributed by atoms with Gasteiger partial charge in [-0.05, 0) is 44.2 Å². The Labute approximate surface area is 144 Å². The molecule has 0 radical (unpaired) electrons. The number of aryl methyl sites for hydroxylation is 2. The van der Waals surface area contributed by atoms with Crippen molar-refractivity contribution in [2.24, 2.45) is 0 Å². The molecule has 0 saturated carbocycles. The number of amides is 1. The second-order valence-corrected chi connectivity index (χ2v) is 5.97. The number of carbonyl (C=O) groups excluding carboxylic acids is 1. The van der Waals surface area contributed by atoms with Gasteiger partial charge in [-0.15, -0.1) is 0 Å². The van der Waals surface area contributed by atoms with Gasteiger partial charge in [0.1, 0.15) is 5.69 Å². The van der Waals surface area contributed by atoms with Gasteiger partial charge in [0.05, 0.1) is 17.6 Å². The highest BCUT2D eigenvalue weighted by molar-refractivity contribution is 6.05. The van der Waals surface area contributed by atoms with Crippen LogP contribution in [0.1, 0.15) is 21.9 Å². The first-order valence-corrected chi connectivity index (χ1v) is 7.99. The third kappa shape index (κ3) is 2.89. The third-order valence-corrected chi connectivity index (χ3v) is 4.01. The summed E-state index contributed by atoms with van der Waals surface area (Å²) in [5, 5.41) is 8.27. The molecule has 4 aromatic rings. The topological polar surface area (TPSA) is 75.6 Å². The van der Waals surface area contributed by atoms with Crippen LogP contribution in [-0.2, 0) is 0 Å². The highest BCUT2D eigenvalue weighted by Gasteiger charge is 2.10. The van der Waals surface area contributed by atoms with Crippen molar-refractivity contribution in [3.05, 3.63) is 71.8 Å². The molecule has 1 aromatic carbocycles. The molecule has 0 saturated heterocycles. The number of pyridine rings is 1. The molecule has 6 nitrogen and oxygen atoms in total. The van der Waals surface area contributed by atoms with Gasteiger partial charge >= 0.3 is 0 Å². The van der Waals surface area contributed by atoms with E-state index in [1.807, 2.05) is 62.4 Å². The number of nitrogens with one attached hydrogen (secondary N) is 2. The minimum absolute atomic E-state index is 0.197. The van der Waals surface area contributed by atoms with Crippen LogP contribution in [0.4, 0.5) is 5.69 Å². The molecule has 0 atom stereocenters. The molecule has 0 unspecified atom stereocenters. The van der Waals surface area contributed by atoms with Crippen LogP contribution in [0.3, 0.4) is 0 Å². The lowest BCUT2D eigenvalue weighted by Gasteiger charge is -2.06. The number of carbonyl (C=O) groups is 1. The minimum Gasteiger partial charge on any atom is -0.351 e. The first-order chi connectivity index (χ1) is 12.1. The van der Waals surface area contributed by atoms with Gasteiger partial charge in [-0.25, -0.2) is 9.67 Å². The Bertz CT molecular complexity index is 1030. The van der Waals surface area contributed by atoms with Gasteiger partial charge in [-0.1, -0.05) is 18.2 Å². The van der Waals surface area contributed by atoms with Gasteiger partial charge in [0, 0.05) is 16.6 Å². The molecule has 0 spiro atoms. The molecule has 3 heterocycles. The second kappa shape index (κ2) is 5.90. The van der Waals surface area contributed by atoms with Crippen LogP contribution in [0.2, 0.25) is 0 Å². The number of benzene rings is 1. The van der Waals surface area contributed by atoms with Crippen LogP contribution in [0.5, 0.6) is 0 Å². The summed E-state index contributed by atoms with van der Waals surface area (Å²) in [5.41, 5.74) is 4.04. The average Bonchev–Trinajstić information content (AvgIpc) is 3.18. The lowest BCUT2D eigenvalue weighted by atomic mass is 10.2. The molecule has 124 valence electrons. The van der Waals surface area contributed by atoms with E-state index >= 15 is 0 Å². The normalized spacial score (nSPS) is 11.0. The zero-order valence-corrected chi connectivity index (χ0v) is 13.9. The van der Waals surface area contributed by atoms with Crippen LogP contribution >= 0.6 is 0 Å². The van der Waals surface area contributed by atoms with Crippen molar-refractivity contribution in [2.75, 3.05) is 5.32 Å². The van der Waals surface area contributed by atoms with E-state index in [9.17, 15) is 4.79 Å². The van der Waals surface area contributed by atoms with Crippen molar-refractivity contribution < 1.29 is 4.79 Å².